The van der Waals surface area contributed by atoms with Crippen LogP contribution in [0.3, 0.4) is 0 Å². The Labute approximate surface area is 143 Å². The van der Waals surface area contributed by atoms with E-state index in [1.54, 1.807) is 27.7 Å². The van der Waals surface area contributed by atoms with Gasteiger partial charge in [-0.25, -0.2) is 0 Å². The quantitative estimate of drug-likeness (QED) is 0.737. The van der Waals surface area contributed by atoms with Crippen molar-refractivity contribution in [3.05, 3.63) is 35.4 Å². The van der Waals surface area contributed by atoms with Crippen LogP contribution in [0.15, 0.2) is 24.3 Å². The number of benzene rings is 1. The molecule has 2 atom stereocenters. The number of hydrogen-bond donors (Lipinski definition) is 0. The Balaban J connectivity index is 2.18. The van der Waals surface area contributed by atoms with Crippen LogP contribution in [-0.4, -0.2) is 18.0 Å². The largest absolute Gasteiger partial charge is 0.456 e. The minimum atomic E-state index is -1.08. The second-order valence-corrected chi connectivity index (χ2v) is 9.08. The Morgan fingerprint density at radius 1 is 0.917 bits per heavy atom. The lowest BCUT2D eigenvalue weighted by Crippen LogP contribution is -2.47. The molecular weight excluding hydrogens is 304 g/mol. The maximum Gasteiger partial charge on any atom is 0.316 e. The minimum Gasteiger partial charge on any atom is -0.456 e. The summed E-state index contributed by atoms with van der Waals surface area (Å²) in [4.78, 5) is 25.0. The average Bonchev–Trinajstić information content (AvgIpc) is 2.80. The maximum absolute atomic E-state index is 12.5. The van der Waals surface area contributed by atoms with E-state index in [2.05, 4.69) is 20.8 Å². The standard InChI is InChI=1S/C20H26O4/c1-17(2,3)12-8-10-13(11-9-12)20-14(18(4,5)15(21)24-20)23-16(22)19(20,6)7/h8-11,14H,1-7H3/t14-,20-/m0/s1. The summed E-state index contributed by atoms with van der Waals surface area (Å²) < 4.78 is 11.6. The number of hydrogen-bond acceptors (Lipinski definition) is 4. The number of esters is 2. The second-order valence-electron chi connectivity index (χ2n) is 9.08. The number of ether oxygens (including phenoxy) is 2. The molecule has 2 aliphatic heterocycles. The first-order valence-corrected chi connectivity index (χ1v) is 8.41. The minimum absolute atomic E-state index is 0.0265. The highest BCUT2D eigenvalue weighted by Crippen LogP contribution is 2.61. The van der Waals surface area contributed by atoms with Gasteiger partial charge in [-0.1, -0.05) is 45.0 Å². The molecule has 4 nitrogen and oxygen atoms in total. The molecule has 2 aliphatic rings. The third kappa shape index (κ3) is 1.92. The van der Waals surface area contributed by atoms with Gasteiger partial charge in [0.05, 0.1) is 0 Å². The Morgan fingerprint density at radius 3 is 1.96 bits per heavy atom. The van der Waals surface area contributed by atoms with Crippen LogP contribution in [0.1, 0.15) is 59.6 Å². The zero-order valence-electron chi connectivity index (χ0n) is 15.5. The Kier molecular flexibility index (Phi) is 3.27. The monoisotopic (exact) mass is 330 g/mol. The lowest BCUT2D eigenvalue weighted by atomic mass is 9.66. The molecule has 130 valence electrons. The van der Waals surface area contributed by atoms with Gasteiger partial charge in [-0.2, -0.15) is 0 Å². The third-order valence-corrected chi connectivity index (χ3v) is 5.65. The molecule has 4 heteroatoms. The lowest BCUT2D eigenvalue weighted by molar-refractivity contribution is -0.166. The van der Waals surface area contributed by atoms with E-state index in [1.165, 1.54) is 5.56 Å². The predicted octanol–water partition coefficient (Wildman–Crippen LogP) is 3.71. The zero-order valence-corrected chi connectivity index (χ0v) is 15.5. The van der Waals surface area contributed by atoms with Crippen molar-refractivity contribution in [2.75, 3.05) is 0 Å². The van der Waals surface area contributed by atoms with E-state index in [0.29, 0.717) is 0 Å². The van der Waals surface area contributed by atoms with Crippen molar-refractivity contribution in [3.63, 3.8) is 0 Å². The summed E-state index contributed by atoms with van der Waals surface area (Å²) in [5.41, 5.74) is -0.864. The van der Waals surface area contributed by atoms with Gasteiger partial charge in [-0.15, -0.1) is 0 Å². The molecule has 24 heavy (non-hydrogen) atoms. The van der Waals surface area contributed by atoms with Crippen LogP contribution in [0.25, 0.3) is 0 Å². The molecule has 0 bridgehead atoms. The van der Waals surface area contributed by atoms with Gasteiger partial charge in [0.2, 0.25) is 0 Å². The second kappa shape index (κ2) is 4.62. The van der Waals surface area contributed by atoms with Crippen LogP contribution in [0.5, 0.6) is 0 Å². The van der Waals surface area contributed by atoms with Crippen molar-refractivity contribution < 1.29 is 19.1 Å². The molecule has 2 heterocycles. The van der Waals surface area contributed by atoms with Gasteiger partial charge in [-0.05, 0) is 38.7 Å². The Hall–Kier alpha value is -1.84. The topological polar surface area (TPSA) is 52.6 Å². The van der Waals surface area contributed by atoms with E-state index in [1.807, 2.05) is 24.3 Å². The van der Waals surface area contributed by atoms with Gasteiger partial charge in [0.1, 0.15) is 10.8 Å². The first-order chi connectivity index (χ1) is 10.8. The molecule has 0 amide bonds. The highest BCUT2D eigenvalue weighted by molar-refractivity contribution is 5.89. The fourth-order valence-corrected chi connectivity index (χ4v) is 3.83. The SMILES string of the molecule is CC(C)(C)c1ccc([C@]23OC(=O)C(C)(C)[C@@H]2OC(=O)C3(C)C)cc1. The van der Waals surface area contributed by atoms with Gasteiger partial charge < -0.3 is 9.47 Å². The summed E-state index contributed by atoms with van der Waals surface area (Å²) in [5.74, 6) is -0.652. The molecule has 0 spiro atoms. The number of carbonyl (C=O) groups excluding carboxylic acids is 2. The van der Waals surface area contributed by atoms with Crippen molar-refractivity contribution in [2.45, 2.75) is 65.6 Å². The number of fused-ring (bicyclic) bond motifs is 1. The fourth-order valence-electron chi connectivity index (χ4n) is 3.83. The van der Waals surface area contributed by atoms with Crippen molar-refractivity contribution in [3.8, 4) is 0 Å². The van der Waals surface area contributed by atoms with Crippen LogP contribution in [0.2, 0.25) is 0 Å². The average molecular weight is 330 g/mol. The summed E-state index contributed by atoms with van der Waals surface area (Å²) in [6.07, 6.45) is -0.625. The molecule has 0 aromatic heterocycles. The van der Waals surface area contributed by atoms with Crippen LogP contribution in [-0.2, 0) is 30.1 Å². The molecule has 0 aliphatic carbocycles. The highest BCUT2D eigenvalue weighted by Gasteiger charge is 2.75. The van der Waals surface area contributed by atoms with Crippen molar-refractivity contribution >= 4 is 11.9 Å². The first kappa shape index (κ1) is 17.0. The molecule has 0 unspecified atom stereocenters. The summed E-state index contributed by atoms with van der Waals surface area (Å²) in [7, 11) is 0. The van der Waals surface area contributed by atoms with Gasteiger partial charge in [0.25, 0.3) is 0 Å². The maximum atomic E-state index is 12.5. The molecule has 1 aromatic rings. The zero-order chi connectivity index (χ0) is 18.1. The summed E-state index contributed by atoms with van der Waals surface area (Å²) in [6, 6.07) is 8.01. The third-order valence-electron chi connectivity index (χ3n) is 5.65. The van der Waals surface area contributed by atoms with Crippen molar-refractivity contribution in [2.24, 2.45) is 10.8 Å². The molecule has 0 N–H and O–H groups in total. The van der Waals surface area contributed by atoms with Gasteiger partial charge in [-0.3, -0.25) is 9.59 Å². The van der Waals surface area contributed by atoms with Gasteiger partial charge >= 0.3 is 11.9 Å². The van der Waals surface area contributed by atoms with E-state index in [0.717, 1.165) is 5.56 Å². The smallest absolute Gasteiger partial charge is 0.316 e. The van der Waals surface area contributed by atoms with E-state index in [4.69, 9.17) is 9.47 Å². The van der Waals surface area contributed by atoms with Crippen LogP contribution >= 0.6 is 0 Å². The van der Waals surface area contributed by atoms with E-state index in [9.17, 15) is 9.59 Å². The van der Waals surface area contributed by atoms with Crippen molar-refractivity contribution in [1.29, 1.82) is 0 Å². The Bertz CT molecular complexity index is 704. The summed E-state index contributed by atoms with van der Waals surface area (Å²) in [5, 5.41) is 0. The summed E-state index contributed by atoms with van der Waals surface area (Å²) in [6.45, 7) is 13.6. The molecular formula is C20H26O4. The predicted molar refractivity (Wildman–Crippen MR) is 90.4 cm³/mol. The van der Waals surface area contributed by atoms with Crippen LogP contribution in [0, 0.1) is 10.8 Å². The first-order valence-electron chi connectivity index (χ1n) is 8.41. The fraction of sp³-hybridized carbons (Fsp3) is 0.600. The van der Waals surface area contributed by atoms with E-state index >= 15 is 0 Å². The van der Waals surface area contributed by atoms with Gasteiger partial charge in [0.15, 0.2) is 11.7 Å². The molecule has 0 radical (unpaired) electrons. The molecule has 1 aromatic carbocycles. The van der Waals surface area contributed by atoms with Crippen LogP contribution < -0.4 is 0 Å². The van der Waals surface area contributed by atoms with E-state index in [-0.39, 0.29) is 17.4 Å². The van der Waals surface area contributed by atoms with E-state index < -0.39 is 22.5 Å². The highest BCUT2D eigenvalue weighted by atomic mass is 16.6. The molecule has 3 rings (SSSR count). The number of carbonyl (C=O) groups is 2. The molecule has 2 fully saturated rings. The number of rotatable bonds is 1. The lowest BCUT2D eigenvalue weighted by Gasteiger charge is -2.36. The molecule has 2 saturated heterocycles. The normalized spacial score (nSPS) is 30.7. The van der Waals surface area contributed by atoms with Crippen LogP contribution in [0.4, 0.5) is 0 Å². The summed E-state index contributed by atoms with van der Waals surface area (Å²) >= 11 is 0. The van der Waals surface area contributed by atoms with Gasteiger partial charge in [0, 0.05) is 5.56 Å². The Morgan fingerprint density at radius 2 is 1.46 bits per heavy atom. The molecule has 0 saturated carbocycles. The van der Waals surface area contributed by atoms with Crippen molar-refractivity contribution in [1.82, 2.24) is 0 Å².